The zero-order valence-electron chi connectivity index (χ0n) is 5.94. The molecule has 0 rings (SSSR count). The summed E-state index contributed by atoms with van der Waals surface area (Å²) in [5.74, 6) is 0. The Hall–Kier alpha value is 0.247. The first-order valence-electron chi connectivity index (χ1n) is 2.10. The SMILES string of the molecule is O=S([O-])N(C(F)(F)F)C(F)(F)F.[Li+]. The fraction of sp³-hybridized carbons (Fsp3) is 1.00. The van der Waals surface area contributed by atoms with Crippen LogP contribution in [0.15, 0.2) is 0 Å². The molecule has 1 unspecified atom stereocenters. The van der Waals surface area contributed by atoms with Gasteiger partial charge in [0.2, 0.25) is 0 Å². The van der Waals surface area contributed by atoms with Crippen molar-refractivity contribution in [3.63, 3.8) is 0 Å². The van der Waals surface area contributed by atoms with E-state index in [0.717, 1.165) is 0 Å². The van der Waals surface area contributed by atoms with Crippen molar-refractivity contribution in [2.75, 3.05) is 0 Å². The van der Waals surface area contributed by atoms with Crippen LogP contribution in [0.4, 0.5) is 26.3 Å². The molecular formula is C2F6LiNO2S. The van der Waals surface area contributed by atoms with Crippen LogP contribution in [0.2, 0.25) is 0 Å². The molecule has 0 aliphatic rings. The van der Waals surface area contributed by atoms with Gasteiger partial charge in [0, 0.05) is 11.3 Å². The first-order valence-corrected chi connectivity index (χ1v) is 3.13. The number of hydrogen-bond donors (Lipinski definition) is 0. The average molecular weight is 223 g/mol. The quantitative estimate of drug-likeness (QED) is 0.226. The molecule has 74 valence electrons. The van der Waals surface area contributed by atoms with Gasteiger partial charge in [-0.1, -0.05) is 0 Å². The van der Waals surface area contributed by atoms with Crippen LogP contribution in [0.25, 0.3) is 0 Å². The summed E-state index contributed by atoms with van der Waals surface area (Å²) >= 11 is -4.41. The van der Waals surface area contributed by atoms with Gasteiger partial charge in [0.05, 0.1) is 0 Å². The van der Waals surface area contributed by atoms with Gasteiger partial charge in [-0.15, -0.1) is 0 Å². The number of halogens is 6. The van der Waals surface area contributed by atoms with Crippen LogP contribution in [0, 0.1) is 0 Å². The average Bonchev–Trinajstić information content (AvgIpc) is 1.49. The van der Waals surface area contributed by atoms with E-state index in [1.165, 1.54) is 0 Å². The predicted molar refractivity (Wildman–Crippen MR) is 22.9 cm³/mol. The fourth-order valence-electron chi connectivity index (χ4n) is 0.313. The second kappa shape index (κ2) is 4.65. The number of rotatable bonds is 1. The van der Waals surface area contributed by atoms with E-state index in [1.54, 1.807) is 0 Å². The molecule has 11 heteroatoms. The monoisotopic (exact) mass is 223 g/mol. The largest absolute Gasteiger partial charge is 1.00 e. The number of alkyl halides is 6. The van der Waals surface area contributed by atoms with E-state index < -0.39 is 28.2 Å². The van der Waals surface area contributed by atoms with Crippen molar-refractivity contribution in [3.05, 3.63) is 0 Å². The van der Waals surface area contributed by atoms with Crippen molar-refractivity contribution < 1.29 is 54.0 Å². The van der Waals surface area contributed by atoms with Gasteiger partial charge in [-0.05, 0) is 4.31 Å². The summed E-state index contributed by atoms with van der Waals surface area (Å²) in [4.78, 5) is 0. The molecule has 0 spiro atoms. The Morgan fingerprint density at radius 1 is 1.00 bits per heavy atom. The van der Waals surface area contributed by atoms with Crippen molar-refractivity contribution in [3.8, 4) is 0 Å². The molecule has 0 aromatic carbocycles. The van der Waals surface area contributed by atoms with E-state index in [4.69, 9.17) is 0 Å². The molecule has 0 aliphatic carbocycles. The van der Waals surface area contributed by atoms with Gasteiger partial charge in [-0.25, -0.2) is 0 Å². The van der Waals surface area contributed by atoms with Gasteiger partial charge >= 0.3 is 31.5 Å². The molecule has 0 amide bonds. The maximum Gasteiger partial charge on any atom is 1.00 e. The summed E-state index contributed by atoms with van der Waals surface area (Å²) in [6.07, 6.45) is -12.0. The third-order valence-corrected chi connectivity index (χ3v) is 1.32. The Labute approximate surface area is 82.7 Å². The van der Waals surface area contributed by atoms with Crippen molar-refractivity contribution in [1.82, 2.24) is 4.31 Å². The summed E-state index contributed by atoms with van der Waals surface area (Å²) < 4.78 is 84.1. The van der Waals surface area contributed by atoms with Crippen LogP contribution < -0.4 is 18.9 Å². The zero-order valence-corrected chi connectivity index (χ0v) is 6.76. The van der Waals surface area contributed by atoms with Crippen LogP contribution in [0.3, 0.4) is 0 Å². The van der Waals surface area contributed by atoms with E-state index in [-0.39, 0.29) is 18.9 Å². The molecule has 0 saturated heterocycles. The topological polar surface area (TPSA) is 43.4 Å². The molecule has 0 fully saturated rings. The van der Waals surface area contributed by atoms with E-state index in [1.807, 2.05) is 0 Å². The minimum absolute atomic E-state index is 0. The van der Waals surface area contributed by atoms with Crippen LogP contribution in [-0.4, -0.2) is 25.7 Å². The predicted octanol–water partition coefficient (Wildman–Crippen LogP) is -1.87. The van der Waals surface area contributed by atoms with Crippen LogP contribution in [0.5, 0.6) is 0 Å². The van der Waals surface area contributed by atoms with E-state index >= 15 is 0 Å². The maximum absolute atomic E-state index is 11.3. The van der Waals surface area contributed by atoms with E-state index in [9.17, 15) is 35.1 Å². The summed E-state index contributed by atoms with van der Waals surface area (Å²) in [6.45, 7) is 0. The molecule has 0 aromatic heterocycles. The normalized spacial score (nSPS) is 15.4. The Morgan fingerprint density at radius 2 is 1.23 bits per heavy atom. The standard InChI is InChI=1S/C2HF6NO2S.Li/c3-1(4,5)9(12(10)11)2(6,7)8;/h(H,10,11);/q;+1/p-1. The van der Waals surface area contributed by atoms with Gasteiger partial charge < -0.3 is 4.55 Å². The molecule has 0 aliphatic heterocycles. The summed E-state index contributed by atoms with van der Waals surface area (Å²) in [5, 5.41) is 0. The van der Waals surface area contributed by atoms with Crippen LogP contribution in [-0.2, 0) is 11.3 Å². The molecule has 1 atom stereocenters. The Morgan fingerprint density at radius 3 is 1.23 bits per heavy atom. The Bertz CT molecular complexity index is 176. The molecule has 0 heterocycles. The molecule has 0 N–H and O–H groups in total. The van der Waals surface area contributed by atoms with Gasteiger partial charge in [-0.3, -0.25) is 4.21 Å². The molecule has 13 heavy (non-hydrogen) atoms. The molecule has 0 bridgehead atoms. The second-order valence-electron chi connectivity index (χ2n) is 1.45. The molecule has 0 saturated carbocycles. The third kappa shape index (κ3) is 4.87. The van der Waals surface area contributed by atoms with Crippen LogP contribution >= 0.6 is 0 Å². The van der Waals surface area contributed by atoms with E-state index in [2.05, 4.69) is 0 Å². The zero-order chi connectivity index (χ0) is 10.2. The first-order chi connectivity index (χ1) is 5.07. The van der Waals surface area contributed by atoms with Crippen molar-refractivity contribution >= 4 is 11.3 Å². The van der Waals surface area contributed by atoms with Crippen molar-refractivity contribution in [1.29, 1.82) is 0 Å². The minimum atomic E-state index is -5.98. The number of nitrogens with zero attached hydrogens (tertiary/aromatic N) is 1. The van der Waals surface area contributed by atoms with Gasteiger partial charge in [0.25, 0.3) is 0 Å². The molecule has 3 nitrogen and oxygen atoms in total. The van der Waals surface area contributed by atoms with Gasteiger partial charge in [0.1, 0.15) is 0 Å². The summed E-state index contributed by atoms with van der Waals surface area (Å²) in [7, 11) is 0. The van der Waals surface area contributed by atoms with Crippen LogP contribution in [0.1, 0.15) is 0 Å². The summed E-state index contributed by atoms with van der Waals surface area (Å²) in [5.41, 5.74) is 0. The minimum Gasteiger partial charge on any atom is -0.759 e. The Kier molecular flexibility index (Phi) is 5.62. The Balaban J connectivity index is 0. The maximum atomic E-state index is 11.3. The fourth-order valence-corrected chi connectivity index (χ4v) is 0.651. The number of hydrogen-bond acceptors (Lipinski definition) is 2. The van der Waals surface area contributed by atoms with Gasteiger partial charge in [-0.2, -0.15) is 26.3 Å². The van der Waals surface area contributed by atoms with E-state index in [0.29, 0.717) is 0 Å². The first kappa shape index (κ1) is 15.7. The molecule has 0 aromatic rings. The molecular weight excluding hydrogens is 223 g/mol. The van der Waals surface area contributed by atoms with Crippen molar-refractivity contribution in [2.24, 2.45) is 0 Å². The van der Waals surface area contributed by atoms with Gasteiger partial charge in [0.15, 0.2) is 0 Å². The van der Waals surface area contributed by atoms with Crippen molar-refractivity contribution in [2.45, 2.75) is 12.6 Å². The second-order valence-corrected chi connectivity index (χ2v) is 2.25. The summed E-state index contributed by atoms with van der Waals surface area (Å²) in [6, 6.07) is 0. The third-order valence-electron chi connectivity index (χ3n) is 0.610. The smallest absolute Gasteiger partial charge is 0.759 e. The molecule has 0 radical (unpaired) electrons.